The van der Waals surface area contributed by atoms with E-state index in [4.69, 9.17) is 1.37 Å². The highest BCUT2D eigenvalue weighted by Gasteiger charge is 2.22. The molecule has 142 valence electrons. The van der Waals surface area contributed by atoms with Gasteiger partial charge in [0.15, 0.2) is 0 Å². The molecule has 4 heteroatoms. The smallest absolute Gasteiger partial charge is 0.258 e. The quantitative estimate of drug-likeness (QED) is 0.216. The first kappa shape index (κ1) is 16.1. The molecule has 6 rings (SSSR count). The summed E-state index contributed by atoms with van der Waals surface area (Å²) in [4.78, 5) is 11.7. The van der Waals surface area contributed by atoms with Crippen LogP contribution in [0.25, 0.3) is 52.8 Å². The highest BCUT2D eigenvalue weighted by atomic mass is 32.1. The summed E-state index contributed by atoms with van der Waals surface area (Å²) in [6.07, 6.45) is 0. The zero-order chi connectivity index (χ0) is 21.1. The highest BCUT2D eigenvalue weighted by molar-refractivity contribution is 7.26. The minimum atomic E-state index is -0.423. The number of fused-ring (bicyclic) bond motifs is 6. The maximum atomic E-state index is 12.1. The van der Waals surface area contributed by atoms with E-state index in [9.17, 15) is 10.1 Å². The lowest BCUT2D eigenvalue weighted by molar-refractivity contribution is -0.384. The molecule has 6 aromatic rings. The molecule has 0 unspecified atom stereocenters. The first-order valence-electron chi connectivity index (χ1n) is 10.1. The summed E-state index contributed by atoms with van der Waals surface area (Å²) in [5.41, 5.74) is 1.17. The maximum Gasteiger partial charge on any atom is 0.277 e. The topological polar surface area (TPSA) is 43.1 Å². The third kappa shape index (κ3) is 2.38. The Bertz CT molecular complexity index is 1690. The van der Waals surface area contributed by atoms with Gasteiger partial charge in [-0.25, -0.2) is 0 Å². The summed E-state index contributed by atoms with van der Waals surface area (Å²) < 4.78 is 10.7. The fraction of sp³-hybridized carbons (Fsp3) is 0. The van der Waals surface area contributed by atoms with Crippen LogP contribution >= 0.6 is 11.3 Å². The second-order valence-electron chi connectivity index (χ2n) is 7.30. The molecular formula is C26H15NO2S. The second-order valence-corrected chi connectivity index (χ2v) is 8.38. The van der Waals surface area contributed by atoms with Gasteiger partial charge in [-0.05, 0) is 45.3 Å². The molecule has 30 heavy (non-hydrogen) atoms. The Morgan fingerprint density at radius 1 is 0.767 bits per heavy atom. The molecule has 0 aliphatic heterocycles. The molecule has 0 aliphatic rings. The molecule has 3 nitrogen and oxygen atoms in total. The Hall–Kier alpha value is -3.76. The first-order valence-corrected chi connectivity index (χ1v) is 10.5. The predicted molar refractivity (Wildman–Crippen MR) is 126 cm³/mol. The van der Waals surface area contributed by atoms with Crippen LogP contribution in [0.5, 0.6) is 0 Å². The maximum absolute atomic E-state index is 12.1. The van der Waals surface area contributed by atoms with Crippen molar-refractivity contribution >= 4 is 58.7 Å². The molecular weight excluding hydrogens is 390 g/mol. The van der Waals surface area contributed by atoms with Crippen molar-refractivity contribution in [2.75, 3.05) is 0 Å². The van der Waals surface area contributed by atoms with Crippen LogP contribution in [0.15, 0.2) is 91.0 Å². The van der Waals surface area contributed by atoms with E-state index in [1.165, 1.54) is 15.5 Å². The molecule has 5 aromatic carbocycles. The van der Waals surface area contributed by atoms with Gasteiger partial charge in [-0.3, -0.25) is 10.1 Å². The Morgan fingerprint density at radius 3 is 2.23 bits per heavy atom. The zero-order valence-corrected chi connectivity index (χ0v) is 16.6. The Morgan fingerprint density at radius 2 is 1.43 bits per heavy atom. The summed E-state index contributed by atoms with van der Waals surface area (Å²) in [5, 5.41) is 18.1. The lowest BCUT2D eigenvalue weighted by Crippen LogP contribution is -1.94. The van der Waals surface area contributed by atoms with E-state index in [1.54, 1.807) is 17.4 Å². The molecule has 0 saturated heterocycles. The lowest BCUT2D eigenvalue weighted by Gasteiger charge is -2.12. The van der Waals surface area contributed by atoms with Crippen molar-refractivity contribution < 1.29 is 6.29 Å². The van der Waals surface area contributed by atoms with E-state index < -0.39 is 4.92 Å². The minimum absolute atomic E-state index is 0.0702. The molecule has 0 amide bonds. The number of hydrogen-bond donors (Lipinski definition) is 0. The molecule has 0 fully saturated rings. The standard InChI is InChI=1S/C26H15NO2S/c28-27(29)22-14-13-16-7-1-2-8-17(16)25(22)21-15-24-26(19-10-4-3-9-18(19)21)20-11-5-6-12-23(20)30-24/h1-15H/i14D. The molecule has 0 radical (unpaired) electrons. The molecule has 0 N–H and O–H groups in total. The number of rotatable bonds is 2. The normalized spacial score (nSPS) is 12.1. The van der Waals surface area contributed by atoms with Crippen LogP contribution in [0.1, 0.15) is 1.37 Å². The van der Waals surface area contributed by atoms with Gasteiger partial charge in [-0.2, -0.15) is 0 Å². The van der Waals surface area contributed by atoms with Gasteiger partial charge >= 0.3 is 0 Å². The van der Waals surface area contributed by atoms with E-state index in [1.807, 2.05) is 54.6 Å². The van der Waals surface area contributed by atoms with Gasteiger partial charge in [0.1, 0.15) is 0 Å². The summed E-state index contributed by atoms with van der Waals surface area (Å²) in [6.45, 7) is 0. The van der Waals surface area contributed by atoms with Crippen LogP contribution < -0.4 is 0 Å². The minimum Gasteiger partial charge on any atom is -0.258 e. The number of hydrogen-bond acceptors (Lipinski definition) is 3. The average Bonchev–Trinajstić information content (AvgIpc) is 3.16. The number of nitrogens with zero attached hydrogens (tertiary/aromatic N) is 1. The fourth-order valence-corrected chi connectivity index (χ4v) is 5.57. The van der Waals surface area contributed by atoms with Crippen LogP contribution in [0.4, 0.5) is 5.69 Å². The van der Waals surface area contributed by atoms with Gasteiger partial charge < -0.3 is 0 Å². The van der Waals surface area contributed by atoms with Crippen molar-refractivity contribution in [2.45, 2.75) is 0 Å². The van der Waals surface area contributed by atoms with Crippen molar-refractivity contribution in [3.63, 3.8) is 0 Å². The Kier molecular flexibility index (Phi) is 3.42. The molecule has 0 bridgehead atoms. The van der Waals surface area contributed by atoms with Gasteiger partial charge in [-0.15, -0.1) is 11.3 Å². The third-order valence-electron chi connectivity index (χ3n) is 5.67. The molecule has 0 spiro atoms. The largest absolute Gasteiger partial charge is 0.277 e. The Labute approximate surface area is 177 Å². The lowest BCUT2D eigenvalue weighted by atomic mass is 9.91. The van der Waals surface area contributed by atoms with Gasteiger partial charge in [0, 0.05) is 26.2 Å². The van der Waals surface area contributed by atoms with Crippen LogP contribution in [-0.4, -0.2) is 4.92 Å². The van der Waals surface area contributed by atoms with Crippen molar-refractivity contribution in [1.29, 1.82) is 0 Å². The number of nitro benzene ring substituents is 1. The van der Waals surface area contributed by atoms with Gasteiger partial charge in [0.25, 0.3) is 5.69 Å². The van der Waals surface area contributed by atoms with Crippen LogP contribution in [-0.2, 0) is 0 Å². The van der Waals surface area contributed by atoms with Crippen LogP contribution in [0.3, 0.4) is 0 Å². The average molecular weight is 406 g/mol. The summed E-state index contributed by atoms with van der Waals surface area (Å²) in [6, 6.07) is 27.5. The number of nitro groups is 1. The van der Waals surface area contributed by atoms with Gasteiger partial charge in [0.2, 0.25) is 0 Å². The molecule has 1 aromatic heterocycles. The molecule has 0 aliphatic carbocycles. The van der Waals surface area contributed by atoms with Crippen molar-refractivity contribution in [3.05, 3.63) is 101 Å². The SMILES string of the molecule is [2H]c1cc2ccccc2c(-c2cc3sc4ccccc4c3c3ccccc23)c1[N+](=O)[O-]. The van der Waals surface area contributed by atoms with Crippen molar-refractivity contribution in [1.82, 2.24) is 0 Å². The molecule has 0 saturated carbocycles. The van der Waals surface area contributed by atoms with Crippen LogP contribution in [0.2, 0.25) is 0 Å². The number of thiophene rings is 1. The molecule has 1 heterocycles. The third-order valence-corrected chi connectivity index (χ3v) is 6.79. The van der Waals surface area contributed by atoms with E-state index in [0.717, 1.165) is 31.8 Å². The summed E-state index contributed by atoms with van der Waals surface area (Å²) in [5.74, 6) is 0. The van der Waals surface area contributed by atoms with Crippen molar-refractivity contribution in [3.8, 4) is 11.1 Å². The summed E-state index contributed by atoms with van der Waals surface area (Å²) in [7, 11) is 0. The van der Waals surface area contributed by atoms with E-state index in [0.29, 0.717) is 5.56 Å². The van der Waals surface area contributed by atoms with E-state index in [-0.39, 0.29) is 11.7 Å². The monoisotopic (exact) mass is 406 g/mol. The molecule has 0 atom stereocenters. The second kappa shape index (κ2) is 6.37. The van der Waals surface area contributed by atoms with Crippen LogP contribution in [0, 0.1) is 10.1 Å². The Balaban J connectivity index is 1.87. The summed E-state index contributed by atoms with van der Waals surface area (Å²) >= 11 is 1.69. The van der Waals surface area contributed by atoms with Gasteiger partial charge in [-0.1, -0.05) is 66.7 Å². The van der Waals surface area contributed by atoms with E-state index >= 15 is 0 Å². The van der Waals surface area contributed by atoms with E-state index in [2.05, 4.69) is 24.3 Å². The highest BCUT2D eigenvalue weighted by Crippen LogP contribution is 2.46. The van der Waals surface area contributed by atoms with Gasteiger partial charge in [0.05, 0.1) is 11.9 Å². The van der Waals surface area contributed by atoms with Crippen molar-refractivity contribution in [2.24, 2.45) is 0 Å². The first-order chi connectivity index (χ1) is 15.1. The zero-order valence-electron chi connectivity index (χ0n) is 16.8. The predicted octanol–water partition coefficient (Wildman–Crippen LogP) is 7.94. The number of benzene rings is 5. The fourth-order valence-electron chi connectivity index (χ4n) is 4.41.